The molecule has 1 aromatic carbocycles. The molecule has 0 aliphatic rings. The van der Waals surface area contributed by atoms with Crippen LogP contribution in [-0.4, -0.2) is 16.3 Å². The molecule has 0 radical (unpaired) electrons. The van der Waals surface area contributed by atoms with E-state index in [0.29, 0.717) is 6.04 Å². The van der Waals surface area contributed by atoms with Crippen molar-refractivity contribution in [1.82, 2.24) is 15.1 Å². The van der Waals surface area contributed by atoms with Gasteiger partial charge in [0, 0.05) is 17.3 Å². The van der Waals surface area contributed by atoms with E-state index < -0.39 is 0 Å². The summed E-state index contributed by atoms with van der Waals surface area (Å²) in [5, 5.41) is 8.52. The van der Waals surface area contributed by atoms with Crippen LogP contribution in [0, 0.1) is 0 Å². The minimum absolute atomic E-state index is 0.370. The third-order valence-electron chi connectivity index (χ3n) is 4.15. The van der Waals surface area contributed by atoms with Crippen molar-refractivity contribution >= 4 is 0 Å². The van der Waals surface area contributed by atoms with E-state index in [9.17, 15) is 0 Å². The molecule has 3 nitrogen and oxygen atoms in total. The molecule has 3 heteroatoms. The van der Waals surface area contributed by atoms with Crippen molar-refractivity contribution < 1.29 is 0 Å². The number of aromatic nitrogens is 2. The van der Waals surface area contributed by atoms with E-state index in [-0.39, 0.29) is 0 Å². The van der Waals surface area contributed by atoms with Gasteiger partial charge in [-0.2, -0.15) is 5.10 Å². The summed E-state index contributed by atoms with van der Waals surface area (Å²) in [6, 6.07) is 11.0. The van der Waals surface area contributed by atoms with Crippen molar-refractivity contribution in [2.75, 3.05) is 6.54 Å². The molecule has 0 bridgehead atoms. The molecule has 1 unspecified atom stereocenters. The number of benzene rings is 1. The van der Waals surface area contributed by atoms with Gasteiger partial charge in [-0.05, 0) is 38.3 Å². The standard InChI is InChI=1S/C19H29N3/c1-5-13-20-15(4)19-17(6-2)21-22(18(19)7-3)14-16-11-9-8-10-12-16/h8-12,15,20H,5-7,13-14H2,1-4H3. The maximum Gasteiger partial charge on any atom is 0.0672 e. The van der Waals surface area contributed by atoms with E-state index in [4.69, 9.17) is 5.10 Å². The van der Waals surface area contributed by atoms with Crippen LogP contribution in [0.1, 0.15) is 62.7 Å². The first kappa shape index (κ1) is 16.8. The van der Waals surface area contributed by atoms with E-state index >= 15 is 0 Å². The van der Waals surface area contributed by atoms with Crippen molar-refractivity contribution in [3.05, 3.63) is 52.8 Å². The quantitative estimate of drug-likeness (QED) is 0.794. The smallest absolute Gasteiger partial charge is 0.0672 e. The molecule has 0 saturated carbocycles. The summed E-state index contributed by atoms with van der Waals surface area (Å²) in [7, 11) is 0. The Bertz CT molecular complexity index is 572. The molecule has 0 amide bonds. The van der Waals surface area contributed by atoms with Crippen LogP contribution in [0.15, 0.2) is 30.3 Å². The van der Waals surface area contributed by atoms with Gasteiger partial charge in [0.2, 0.25) is 0 Å². The molecule has 2 aromatic rings. The van der Waals surface area contributed by atoms with Gasteiger partial charge in [0.25, 0.3) is 0 Å². The van der Waals surface area contributed by atoms with Gasteiger partial charge in [0.1, 0.15) is 0 Å². The van der Waals surface area contributed by atoms with Crippen molar-refractivity contribution in [3.63, 3.8) is 0 Å². The second-order valence-corrected chi connectivity index (χ2v) is 5.83. The van der Waals surface area contributed by atoms with Crippen LogP contribution >= 0.6 is 0 Å². The minimum Gasteiger partial charge on any atom is -0.310 e. The van der Waals surface area contributed by atoms with Crippen LogP contribution in [0.5, 0.6) is 0 Å². The highest BCUT2D eigenvalue weighted by molar-refractivity contribution is 5.31. The first-order valence-electron chi connectivity index (χ1n) is 8.56. The van der Waals surface area contributed by atoms with Crippen LogP contribution in [0.4, 0.5) is 0 Å². The largest absolute Gasteiger partial charge is 0.310 e. The zero-order valence-electron chi connectivity index (χ0n) is 14.4. The Morgan fingerprint density at radius 2 is 1.82 bits per heavy atom. The Labute approximate surface area is 134 Å². The Morgan fingerprint density at radius 1 is 1.09 bits per heavy atom. The highest BCUT2D eigenvalue weighted by atomic mass is 15.3. The number of hydrogen-bond donors (Lipinski definition) is 1. The third kappa shape index (κ3) is 3.77. The fourth-order valence-electron chi connectivity index (χ4n) is 3.05. The minimum atomic E-state index is 0.370. The summed E-state index contributed by atoms with van der Waals surface area (Å²) < 4.78 is 2.20. The van der Waals surface area contributed by atoms with Gasteiger partial charge in [-0.25, -0.2) is 0 Å². The molecule has 1 heterocycles. The number of nitrogens with zero attached hydrogens (tertiary/aromatic N) is 2. The van der Waals surface area contributed by atoms with Crippen molar-refractivity contribution in [3.8, 4) is 0 Å². The number of nitrogens with one attached hydrogen (secondary N) is 1. The van der Waals surface area contributed by atoms with Gasteiger partial charge in [0.05, 0.1) is 12.2 Å². The van der Waals surface area contributed by atoms with Crippen molar-refractivity contribution in [1.29, 1.82) is 0 Å². The molecule has 1 aromatic heterocycles. The zero-order chi connectivity index (χ0) is 15.9. The highest BCUT2D eigenvalue weighted by Crippen LogP contribution is 2.24. The molecular formula is C19H29N3. The Kier molecular flexibility index (Phi) is 6.20. The normalized spacial score (nSPS) is 12.5. The first-order valence-corrected chi connectivity index (χ1v) is 8.56. The topological polar surface area (TPSA) is 29.9 Å². The zero-order valence-corrected chi connectivity index (χ0v) is 14.4. The summed E-state index contributed by atoms with van der Waals surface area (Å²) in [6.45, 7) is 10.8. The highest BCUT2D eigenvalue weighted by Gasteiger charge is 2.20. The molecule has 0 spiro atoms. The van der Waals surface area contributed by atoms with Crippen LogP contribution in [-0.2, 0) is 19.4 Å². The summed E-state index contributed by atoms with van der Waals surface area (Å²) in [5.74, 6) is 0. The maximum absolute atomic E-state index is 4.90. The molecule has 0 aliphatic carbocycles. The van der Waals surface area contributed by atoms with Gasteiger partial charge in [-0.15, -0.1) is 0 Å². The summed E-state index contributed by atoms with van der Waals surface area (Å²) >= 11 is 0. The lowest BCUT2D eigenvalue weighted by atomic mass is 10.0. The predicted octanol–water partition coefficient (Wildman–Crippen LogP) is 4.12. The van der Waals surface area contributed by atoms with Gasteiger partial charge in [-0.1, -0.05) is 51.1 Å². The van der Waals surface area contributed by atoms with Gasteiger partial charge in [0.15, 0.2) is 0 Å². The van der Waals surface area contributed by atoms with Crippen LogP contribution < -0.4 is 5.32 Å². The monoisotopic (exact) mass is 299 g/mol. The average Bonchev–Trinajstić information content (AvgIpc) is 2.91. The van der Waals surface area contributed by atoms with Crippen LogP contribution in [0.2, 0.25) is 0 Å². The Balaban J connectivity index is 2.33. The van der Waals surface area contributed by atoms with E-state index in [1.165, 1.54) is 22.5 Å². The molecule has 0 aliphatic heterocycles. The molecule has 1 N–H and O–H groups in total. The average molecular weight is 299 g/mol. The Hall–Kier alpha value is -1.61. The van der Waals surface area contributed by atoms with Gasteiger partial charge >= 0.3 is 0 Å². The summed E-state index contributed by atoms with van der Waals surface area (Å²) in [6.07, 6.45) is 3.17. The van der Waals surface area contributed by atoms with Gasteiger partial charge in [-0.3, -0.25) is 4.68 Å². The molecule has 1 atom stereocenters. The van der Waals surface area contributed by atoms with Crippen molar-refractivity contribution in [2.24, 2.45) is 0 Å². The first-order chi connectivity index (χ1) is 10.7. The Morgan fingerprint density at radius 3 is 2.41 bits per heavy atom. The number of hydrogen-bond acceptors (Lipinski definition) is 2. The second-order valence-electron chi connectivity index (χ2n) is 5.83. The van der Waals surface area contributed by atoms with Crippen LogP contribution in [0.25, 0.3) is 0 Å². The molecule has 22 heavy (non-hydrogen) atoms. The lowest BCUT2D eigenvalue weighted by molar-refractivity contribution is 0.560. The maximum atomic E-state index is 4.90. The van der Waals surface area contributed by atoms with E-state index in [1.807, 2.05) is 0 Å². The number of rotatable bonds is 8. The number of aryl methyl sites for hydroxylation is 1. The lowest BCUT2D eigenvalue weighted by Crippen LogP contribution is -2.21. The van der Waals surface area contributed by atoms with Crippen LogP contribution in [0.3, 0.4) is 0 Å². The van der Waals surface area contributed by atoms with E-state index in [1.54, 1.807) is 0 Å². The SMILES string of the molecule is CCCNC(C)c1c(CC)nn(Cc2ccccc2)c1CC. The molecule has 0 saturated heterocycles. The fourth-order valence-corrected chi connectivity index (χ4v) is 3.05. The fraction of sp³-hybridized carbons (Fsp3) is 0.526. The molecule has 0 fully saturated rings. The third-order valence-corrected chi connectivity index (χ3v) is 4.15. The van der Waals surface area contributed by atoms with Crippen molar-refractivity contribution in [2.45, 2.75) is 59.5 Å². The predicted molar refractivity (Wildman–Crippen MR) is 93.2 cm³/mol. The molecular weight excluding hydrogens is 270 g/mol. The van der Waals surface area contributed by atoms with E-state index in [0.717, 1.165) is 32.4 Å². The van der Waals surface area contributed by atoms with E-state index in [2.05, 4.69) is 68.0 Å². The lowest BCUT2D eigenvalue weighted by Gasteiger charge is -2.16. The van der Waals surface area contributed by atoms with Gasteiger partial charge < -0.3 is 5.32 Å². The molecule has 2 rings (SSSR count). The second kappa shape index (κ2) is 8.14. The summed E-state index contributed by atoms with van der Waals surface area (Å²) in [5.41, 5.74) is 5.33. The molecule has 120 valence electrons. The summed E-state index contributed by atoms with van der Waals surface area (Å²) in [4.78, 5) is 0.